The van der Waals surface area contributed by atoms with Crippen molar-refractivity contribution in [2.75, 3.05) is 26.1 Å². The van der Waals surface area contributed by atoms with Crippen LogP contribution in [0.3, 0.4) is 0 Å². The number of benzene rings is 1. The van der Waals surface area contributed by atoms with E-state index in [-0.39, 0.29) is 5.97 Å². The Morgan fingerprint density at radius 2 is 1.95 bits per heavy atom. The van der Waals surface area contributed by atoms with Crippen LogP contribution in [0.4, 0.5) is 5.69 Å². The van der Waals surface area contributed by atoms with Gasteiger partial charge in [0.25, 0.3) is 0 Å². The normalized spacial score (nSPS) is 11.2. The smallest absolute Gasteiger partial charge is 0.330 e. The number of pyridine rings is 1. The highest BCUT2D eigenvalue weighted by Crippen LogP contribution is 2.30. The third kappa shape index (κ3) is 3.52. The van der Waals surface area contributed by atoms with Gasteiger partial charge in [-0.15, -0.1) is 0 Å². The van der Waals surface area contributed by atoms with Crippen LogP contribution in [0.5, 0.6) is 0 Å². The zero-order valence-electron chi connectivity index (χ0n) is 13.3. The van der Waals surface area contributed by atoms with Gasteiger partial charge in [-0.25, -0.2) is 4.79 Å². The average Bonchev–Trinajstić information content (AvgIpc) is 2.54. The number of esters is 1. The Bertz CT molecular complexity index is 706. The van der Waals surface area contributed by atoms with Crippen LogP contribution in [0.2, 0.25) is 0 Å². The molecule has 0 N–H and O–H groups in total. The quantitative estimate of drug-likeness (QED) is 0.640. The maximum Gasteiger partial charge on any atom is 0.330 e. The monoisotopic (exact) mass is 296 g/mol. The van der Waals surface area contributed by atoms with Gasteiger partial charge in [0.05, 0.1) is 7.11 Å². The third-order valence-electron chi connectivity index (χ3n) is 3.43. The molecule has 0 radical (unpaired) electrons. The molecule has 0 aliphatic heterocycles. The van der Waals surface area contributed by atoms with Gasteiger partial charge in [-0.05, 0) is 30.2 Å². The van der Waals surface area contributed by atoms with E-state index in [1.165, 1.54) is 13.2 Å². The molecule has 4 nitrogen and oxygen atoms in total. The molecular formula is C18H20N2O2. The fourth-order valence-electron chi connectivity index (χ4n) is 2.23. The second kappa shape index (κ2) is 6.89. The Morgan fingerprint density at radius 1 is 1.23 bits per heavy atom. The molecule has 0 saturated heterocycles. The van der Waals surface area contributed by atoms with Crippen molar-refractivity contribution in [3.8, 4) is 11.1 Å². The molecule has 1 aromatic heterocycles. The van der Waals surface area contributed by atoms with E-state index >= 15 is 0 Å². The first-order chi connectivity index (χ1) is 10.5. The van der Waals surface area contributed by atoms with Crippen LogP contribution < -0.4 is 4.90 Å². The third-order valence-corrected chi connectivity index (χ3v) is 3.43. The number of allylic oxidation sites excluding steroid dienone is 1. The second-order valence-corrected chi connectivity index (χ2v) is 5.22. The number of carbonyl (C=O) groups is 1. The number of nitrogens with zero attached hydrogens (tertiary/aromatic N) is 2. The summed E-state index contributed by atoms with van der Waals surface area (Å²) in [5, 5.41) is 0. The minimum Gasteiger partial charge on any atom is -0.466 e. The molecule has 0 aliphatic carbocycles. The number of carbonyl (C=O) groups excluding carboxylic acids is 1. The lowest BCUT2D eigenvalue weighted by molar-refractivity contribution is -0.134. The fraction of sp³-hybridized carbons (Fsp3) is 0.222. The number of para-hydroxylation sites is 1. The second-order valence-electron chi connectivity index (χ2n) is 5.22. The zero-order valence-corrected chi connectivity index (χ0v) is 13.3. The van der Waals surface area contributed by atoms with Crippen molar-refractivity contribution >= 4 is 17.2 Å². The van der Waals surface area contributed by atoms with Gasteiger partial charge in [0.15, 0.2) is 0 Å². The van der Waals surface area contributed by atoms with Gasteiger partial charge in [0.1, 0.15) is 0 Å². The van der Waals surface area contributed by atoms with Crippen molar-refractivity contribution < 1.29 is 9.53 Å². The maximum atomic E-state index is 11.4. The highest BCUT2D eigenvalue weighted by molar-refractivity contribution is 5.91. The van der Waals surface area contributed by atoms with Crippen molar-refractivity contribution in [3.63, 3.8) is 0 Å². The lowest BCUT2D eigenvalue weighted by Gasteiger charge is -2.17. The number of anilines is 1. The summed E-state index contributed by atoms with van der Waals surface area (Å²) in [6, 6.07) is 10.2. The predicted molar refractivity (Wildman–Crippen MR) is 89.7 cm³/mol. The first-order valence-corrected chi connectivity index (χ1v) is 7.01. The minimum absolute atomic E-state index is 0.364. The topological polar surface area (TPSA) is 42.4 Å². The van der Waals surface area contributed by atoms with Crippen LogP contribution in [-0.2, 0) is 9.53 Å². The van der Waals surface area contributed by atoms with Crippen LogP contribution in [0, 0.1) is 0 Å². The molecule has 0 amide bonds. The van der Waals surface area contributed by atoms with Gasteiger partial charge in [0.2, 0.25) is 0 Å². The number of methoxy groups -OCH3 is 1. The van der Waals surface area contributed by atoms with E-state index in [0.29, 0.717) is 0 Å². The number of rotatable bonds is 4. The molecule has 0 saturated carbocycles. The lowest BCUT2D eigenvalue weighted by atomic mass is 10.0. The van der Waals surface area contributed by atoms with Crippen molar-refractivity contribution in [2.24, 2.45) is 0 Å². The van der Waals surface area contributed by atoms with E-state index in [0.717, 1.165) is 28.0 Å². The molecule has 1 heterocycles. The molecular weight excluding hydrogens is 276 g/mol. The van der Waals surface area contributed by atoms with E-state index in [9.17, 15) is 4.79 Å². The summed E-state index contributed by atoms with van der Waals surface area (Å²) < 4.78 is 4.67. The van der Waals surface area contributed by atoms with Gasteiger partial charge < -0.3 is 9.64 Å². The summed E-state index contributed by atoms with van der Waals surface area (Å²) in [6.07, 6.45) is 5.05. The van der Waals surface area contributed by atoms with Gasteiger partial charge in [-0.2, -0.15) is 0 Å². The molecule has 4 heteroatoms. The molecule has 2 rings (SSSR count). The van der Waals surface area contributed by atoms with Crippen LogP contribution in [0.1, 0.15) is 12.5 Å². The van der Waals surface area contributed by atoms with Crippen LogP contribution in [0.25, 0.3) is 16.7 Å². The standard InChI is InChI=1S/C18H20N2O2/c1-13(9-18(21)22-4)14-10-15(12-19-11-14)16-7-5-6-8-17(16)20(2)3/h5-12H,1-4H3/b13-9+. The Labute approximate surface area is 131 Å². The Kier molecular flexibility index (Phi) is 4.94. The van der Waals surface area contributed by atoms with E-state index < -0.39 is 0 Å². The van der Waals surface area contributed by atoms with Crippen LogP contribution in [-0.4, -0.2) is 32.2 Å². The van der Waals surface area contributed by atoms with E-state index in [1.54, 1.807) is 6.20 Å². The molecule has 0 fully saturated rings. The van der Waals surface area contributed by atoms with Crippen molar-refractivity contribution in [1.82, 2.24) is 4.98 Å². The zero-order chi connectivity index (χ0) is 16.1. The van der Waals surface area contributed by atoms with E-state index in [1.807, 2.05) is 45.4 Å². The summed E-state index contributed by atoms with van der Waals surface area (Å²) in [6.45, 7) is 1.87. The molecule has 0 aliphatic rings. The van der Waals surface area contributed by atoms with Crippen LogP contribution in [0.15, 0.2) is 48.8 Å². The molecule has 0 unspecified atom stereocenters. The maximum absolute atomic E-state index is 11.4. The van der Waals surface area contributed by atoms with Gasteiger partial charge in [0, 0.05) is 49.4 Å². The van der Waals surface area contributed by atoms with E-state index in [4.69, 9.17) is 0 Å². The average molecular weight is 296 g/mol. The van der Waals surface area contributed by atoms with Gasteiger partial charge >= 0.3 is 5.97 Å². The van der Waals surface area contributed by atoms with Gasteiger partial charge in [-0.1, -0.05) is 18.2 Å². The van der Waals surface area contributed by atoms with Crippen molar-refractivity contribution in [2.45, 2.75) is 6.92 Å². The first kappa shape index (κ1) is 15.8. The van der Waals surface area contributed by atoms with Crippen molar-refractivity contribution in [1.29, 1.82) is 0 Å². The molecule has 22 heavy (non-hydrogen) atoms. The number of hydrogen-bond acceptors (Lipinski definition) is 4. The Morgan fingerprint density at radius 3 is 2.64 bits per heavy atom. The highest BCUT2D eigenvalue weighted by atomic mass is 16.5. The number of ether oxygens (including phenoxy) is 1. The summed E-state index contributed by atoms with van der Waals surface area (Å²) in [4.78, 5) is 17.7. The Balaban J connectivity index is 2.46. The molecule has 1 aromatic carbocycles. The lowest BCUT2D eigenvalue weighted by Crippen LogP contribution is -2.09. The molecule has 114 valence electrons. The number of hydrogen-bond donors (Lipinski definition) is 0. The van der Waals surface area contributed by atoms with Crippen molar-refractivity contribution in [3.05, 3.63) is 54.4 Å². The van der Waals surface area contributed by atoms with Crippen LogP contribution >= 0.6 is 0 Å². The Hall–Kier alpha value is -2.62. The molecule has 2 aromatic rings. The summed E-state index contributed by atoms with van der Waals surface area (Å²) in [5.74, 6) is -0.364. The van der Waals surface area contributed by atoms with Gasteiger partial charge in [-0.3, -0.25) is 4.98 Å². The fourth-order valence-corrected chi connectivity index (χ4v) is 2.23. The summed E-state index contributed by atoms with van der Waals surface area (Å²) in [7, 11) is 5.39. The summed E-state index contributed by atoms with van der Waals surface area (Å²) in [5.41, 5.74) is 4.96. The molecule has 0 bridgehead atoms. The first-order valence-electron chi connectivity index (χ1n) is 7.01. The van der Waals surface area contributed by atoms with E-state index in [2.05, 4.69) is 26.8 Å². The SMILES string of the molecule is COC(=O)/C=C(\C)c1cncc(-c2ccccc2N(C)C)c1. The summed E-state index contributed by atoms with van der Waals surface area (Å²) >= 11 is 0. The highest BCUT2D eigenvalue weighted by Gasteiger charge is 2.08. The molecule has 0 spiro atoms. The predicted octanol–water partition coefficient (Wildman–Crippen LogP) is 3.39. The minimum atomic E-state index is -0.364. The number of aromatic nitrogens is 1. The molecule has 0 atom stereocenters. The largest absolute Gasteiger partial charge is 0.466 e.